The lowest BCUT2D eigenvalue weighted by Gasteiger charge is -2.31. The van der Waals surface area contributed by atoms with Crippen LogP contribution in [-0.2, 0) is 22.6 Å². The summed E-state index contributed by atoms with van der Waals surface area (Å²) in [5.74, 6) is 2.70. The fraction of sp³-hybridized carbons (Fsp3) is 0.833. The van der Waals surface area contributed by atoms with Gasteiger partial charge < -0.3 is 14.2 Å². The average Bonchev–Trinajstić information content (AvgIpc) is 3.29. The first-order valence-electron chi connectivity index (χ1n) is 9.72. The van der Waals surface area contributed by atoms with Crippen molar-refractivity contribution in [2.24, 2.45) is 0 Å². The molecular formula is C18H31N5O2. The zero-order valence-electron chi connectivity index (χ0n) is 15.6. The summed E-state index contributed by atoms with van der Waals surface area (Å²) in [6, 6.07) is 0. The number of ether oxygens (including phenoxy) is 1. The molecule has 2 fully saturated rings. The molecule has 0 N–H and O–H groups in total. The van der Waals surface area contributed by atoms with Crippen molar-refractivity contribution in [1.82, 2.24) is 24.6 Å². The Hall–Kier alpha value is -1.47. The minimum atomic E-state index is 0.104. The fourth-order valence-electron chi connectivity index (χ4n) is 3.92. The molecule has 2 aliphatic rings. The molecule has 3 rings (SSSR count). The van der Waals surface area contributed by atoms with Crippen LogP contribution < -0.4 is 0 Å². The first-order valence-corrected chi connectivity index (χ1v) is 9.72. The second-order valence-corrected chi connectivity index (χ2v) is 6.99. The highest BCUT2D eigenvalue weighted by Crippen LogP contribution is 2.28. The lowest BCUT2D eigenvalue weighted by Crippen LogP contribution is -2.40. The van der Waals surface area contributed by atoms with E-state index in [9.17, 15) is 4.79 Å². The van der Waals surface area contributed by atoms with Crippen molar-refractivity contribution in [3.63, 3.8) is 0 Å². The molecule has 0 radical (unpaired) electrons. The summed E-state index contributed by atoms with van der Waals surface area (Å²) in [5.41, 5.74) is 0. The van der Waals surface area contributed by atoms with Crippen LogP contribution in [0.25, 0.3) is 0 Å². The maximum Gasteiger partial charge on any atom is 0.248 e. The predicted octanol–water partition coefficient (Wildman–Crippen LogP) is 1.64. The first-order chi connectivity index (χ1) is 12.2. The number of nitrogens with zero attached hydrogens (tertiary/aromatic N) is 5. The summed E-state index contributed by atoms with van der Waals surface area (Å²) in [4.78, 5) is 16.5. The van der Waals surface area contributed by atoms with Crippen LogP contribution in [0.4, 0.5) is 0 Å². The molecule has 2 aliphatic heterocycles. The number of carbonyl (C=O) groups is 1. The molecule has 3 heterocycles. The molecule has 0 unspecified atom stereocenters. The van der Waals surface area contributed by atoms with E-state index in [0.717, 1.165) is 50.7 Å². The summed E-state index contributed by atoms with van der Waals surface area (Å²) in [6.45, 7) is 10.6. The Morgan fingerprint density at radius 2 is 1.84 bits per heavy atom. The van der Waals surface area contributed by atoms with Crippen LogP contribution in [0.1, 0.15) is 57.1 Å². The van der Waals surface area contributed by atoms with E-state index >= 15 is 0 Å². The van der Waals surface area contributed by atoms with Gasteiger partial charge in [-0.25, -0.2) is 0 Å². The molecule has 7 heteroatoms. The third-order valence-electron chi connectivity index (χ3n) is 5.38. The van der Waals surface area contributed by atoms with Crippen molar-refractivity contribution in [3.8, 4) is 0 Å². The van der Waals surface area contributed by atoms with Gasteiger partial charge in [-0.1, -0.05) is 0 Å². The Bertz CT molecular complexity index is 560. The number of likely N-dealkylation sites (tertiary alicyclic amines) is 2. The Balaban J connectivity index is 1.59. The van der Waals surface area contributed by atoms with E-state index < -0.39 is 0 Å². The number of piperidine rings is 1. The van der Waals surface area contributed by atoms with Gasteiger partial charge in [-0.2, -0.15) is 0 Å². The molecule has 1 aromatic heterocycles. The van der Waals surface area contributed by atoms with Crippen LogP contribution in [0.5, 0.6) is 0 Å². The Morgan fingerprint density at radius 3 is 2.48 bits per heavy atom. The van der Waals surface area contributed by atoms with Gasteiger partial charge in [-0.3, -0.25) is 9.69 Å². The van der Waals surface area contributed by atoms with Gasteiger partial charge in [0.2, 0.25) is 5.91 Å². The molecule has 1 amide bonds. The first kappa shape index (κ1) is 18.3. The summed E-state index contributed by atoms with van der Waals surface area (Å²) in [5, 5.41) is 9.02. The van der Waals surface area contributed by atoms with E-state index in [1.807, 2.05) is 11.8 Å². The quantitative estimate of drug-likeness (QED) is 0.749. The number of hydrogen-bond donors (Lipinski definition) is 0. The predicted molar refractivity (Wildman–Crippen MR) is 95.3 cm³/mol. The lowest BCUT2D eigenvalue weighted by atomic mass is 9.96. The maximum absolute atomic E-state index is 12.1. The number of carbonyl (C=O) groups excluding carboxylic acids is 1. The highest BCUT2D eigenvalue weighted by molar-refractivity contribution is 5.77. The largest absolute Gasteiger partial charge is 0.372 e. The van der Waals surface area contributed by atoms with Gasteiger partial charge >= 0.3 is 0 Å². The molecule has 0 spiro atoms. The number of hydrogen-bond acceptors (Lipinski definition) is 5. The van der Waals surface area contributed by atoms with Crippen LogP contribution >= 0.6 is 0 Å². The van der Waals surface area contributed by atoms with Crippen LogP contribution in [0.3, 0.4) is 0 Å². The van der Waals surface area contributed by atoms with E-state index in [0.29, 0.717) is 12.5 Å². The van der Waals surface area contributed by atoms with Gasteiger partial charge in [-0.05, 0) is 52.6 Å². The van der Waals surface area contributed by atoms with Crippen LogP contribution in [-0.4, -0.2) is 69.9 Å². The third-order valence-corrected chi connectivity index (χ3v) is 5.38. The minimum absolute atomic E-state index is 0.104. The second kappa shape index (κ2) is 8.76. The molecule has 0 aliphatic carbocycles. The summed E-state index contributed by atoms with van der Waals surface area (Å²) in [6.07, 6.45) is 4.50. The molecule has 1 aromatic rings. The van der Waals surface area contributed by atoms with Crippen molar-refractivity contribution in [2.45, 2.75) is 58.5 Å². The normalized spacial score (nSPS) is 19.7. The molecule has 0 atom stereocenters. The molecule has 0 aromatic carbocycles. The van der Waals surface area contributed by atoms with Gasteiger partial charge in [-0.15, -0.1) is 10.2 Å². The molecule has 7 nitrogen and oxygen atoms in total. The van der Waals surface area contributed by atoms with Gasteiger partial charge in [0.15, 0.2) is 0 Å². The van der Waals surface area contributed by atoms with Crippen molar-refractivity contribution in [3.05, 3.63) is 11.6 Å². The summed E-state index contributed by atoms with van der Waals surface area (Å²) >= 11 is 0. The molecule has 140 valence electrons. The SMILES string of the molecule is CCOCC(=O)N1CCC(c2nnc(CN3CCCC3)n2CC)CC1. The second-order valence-electron chi connectivity index (χ2n) is 6.99. The monoisotopic (exact) mass is 349 g/mol. The van der Waals surface area contributed by atoms with Crippen LogP contribution in [0.2, 0.25) is 0 Å². The molecule has 0 saturated carbocycles. The third kappa shape index (κ3) is 4.39. The van der Waals surface area contributed by atoms with Gasteiger partial charge in [0.05, 0.1) is 6.54 Å². The highest BCUT2D eigenvalue weighted by Gasteiger charge is 2.28. The Labute approximate surface area is 150 Å². The highest BCUT2D eigenvalue weighted by atomic mass is 16.5. The van der Waals surface area contributed by atoms with Crippen LogP contribution in [0.15, 0.2) is 0 Å². The summed E-state index contributed by atoms with van der Waals surface area (Å²) in [7, 11) is 0. The maximum atomic E-state index is 12.1. The van der Waals surface area contributed by atoms with E-state index in [4.69, 9.17) is 4.74 Å². The van der Waals surface area contributed by atoms with Crippen molar-refractivity contribution in [2.75, 3.05) is 39.4 Å². The Morgan fingerprint density at radius 1 is 1.12 bits per heavy atom. The Kier molecular flexibility index (Phi) is 6.42. The topological polar surface area (TPSA) is 63.5 Å². The zero-order valence-corrected chi connectivity index (χ0v) is 15.6. The molecule has 0 bridgehead atoms. The van der Waals surface area contributed by atoms with Gasteiger partial charge in [0.25, 0.3) is 0 Å². The fourth-order valence-corrected chi connectivity index (χ4v) is 3.92. The van der Waals surface area contributed by atoms with Crippen molar-refractivity contribution in [1.29, 1.82) is 0 Å². The minimum Gasteiger partial charge on any atom is -0.372 e. The van der Waals surface area contributed by atoms with E-state index in [-0.39, 0.29) is 12.5 Å². The van der Waals surface area contributed by atoms with E-state index in [2.05, 4.69) is 26.6 Å². The van der Waals surface area contributed by atoms with Gasteiger partial charge in [0, 0.05) is 32.2 Å². The molecule has 25 heavy (non-hydrogen) atoms. The van der Waals surface area contributed by atoms with E-state index in [1.54, 1.807) is 0 Å². The van der Waals surface area contributed by atoms with Crippen LogP contribution in [0, 0.1) is 0 Å². The van der Waals surface area contributed by atoms with Gasteiger partial charge in [0.1, 0.15) is 18.3 Å². The standard InChI is InChI=1S/C18H31N5O2/c1-3-23-16(13-21-9-5-6-10-21)19-20-18(23)15-7-11-22(12-8-15)17(24)14-25-4-2/h15H,3-14H2,1-2H3. The molecular weight excluding hydrogens is 318 g/mol. The number of aromatic nitrogens is 3. The van der Waals surface area contributed by atoms with E-state index in [1.165, 1.54) is 25.9 Å². The zero-order chi connectivity index (χ0) is 17.6. The van der Waals surface area contributed by atoms with Crippen molar-refractivity contribution < 1.29 is 9.53 Å². The van der Waals surface area contributed by atoms with Crippen molar-refractivity contribution >= 4 is 5.91 Å². The average molecular weight is 349 g/mol. The summed E-state index contributed by atoms with van der Waals surface area (Å²) < 4.78 is 7.53. The smallest absolute Gasteiger partial charge is 0.248 e. The number of amides is 1. The lowest BCUT2D eigenvalue weighted by molar-refractivity contribution is -0.137. The number of rotatable bonds is 7. The molecule has 2 saturated heterocycles.